The van der Waals surface area contributed by atoms with E-state index in [1.807, 2.05) is 19.1 Å². The van der Waals surface area contributed by atoms with E-state index in [-0.39, 0.29) is 4.83 Å². The lowest BCUT2D eigenvalue weighted by atomic mass is 10.1. The Morgan fingerprint density at radius 2 is 2.25 bits per heavy atom. The molecule has 1 unspecified atom stereocenters. The Kier molecular flexibility index (Phi) is 3.13. The Hall–Kier alpha value is -0.520. The molecule has 1 nitrogen and oxygen atoms in total. The lowest BCUT2D eigenvalue weighted by Crippen LogP contribution is -1.86. The SMILES string of the molecule is CC(Br)c1ccc(C#N)cc1Cl. The zero-order chi connectivity index (χ0) is 9.14. The van der Waals surface area contributed by atoms with Crippen LogP contribution in [0.4, 0.5) is 0 Å². The summed E-state index contributed by atoms with van der Waals surface area (Å²) in [7, 11) is 0. The van der Waals surface area contributed by atoms with Gasteiger partial charge in [0.15, 0.2) is 0 Å². The van der Waals surface area contributed by atoms with Crippen LogP contribution in [-0.2, 0) is 0 Å². The zero-order valence-corrected chi connectivity index (χ0v) is 8.85. The van der Waals surface area contributed by atoms with Crippen LogP contribution >= 0.6 is 27.5 Å². The van der Waals surface area contributed by atoms with E-state index in [4.69, 9.17) is 16.9 Å². The third kappa shape index (κ3) is 2.00. The van der Waals surface area contributed by atoms with Crippen molar-refractivity contribution in [2.75, 3.05) is 0 Å². The van der Waals surface area contributed by atoms with Crippen molar-refractivity contribution < 1.29 is 0 Å². The lowest BCUT2D eigenvalue weighted by Gasteiger charge is -2.05. The number of nitrogens with zero attached hydrogens (tertiary/aromatic N) is 1. The first-order chi connectivity index (χ1) is 5.65. The molecule has 1 rings (SSSR count). The zero-order valence-electron chi connectivity index (χ0n) is 6.51. The number of halogens is 2. The Morgan fingerprint density at radius 1 is 1.58 bits per heavy atom. The molecule has 12 heavy (non-hydrogen) atoms. The van der Waals surface area contributed by atoms with Crippen molar-refractivity contribution in [3.05, 3.63) is 34.3 Å². The third-order valence-electron chi connectivity index (χ3n) is 1.56. The van der Waals surface area contributed by atoms with Crippen molar-refractivity contribution in [3.63, 3.8) is 0 Å². The first-order valence-corrected chi connectivity index (χ1v) is 4.78. The molecule has 1 aromatic carbocycles. The van der Waals surface area contributed by atoms with Gasteiger partial charge in [-0.15, -0.1) is 0 Å². The van der Waals surface area contributed by atoms with Crippen molar-refractivity contribution in [2.24, 2.45) is 0 Å². The minimum Gasteiger partial charge on any atom is -0.192 e. The fraction of sp³-hybridized carbons (Fsp3) is 0.222. The minimum atomic E-state index is 0.220. The smallest absolute Gasteiger partial charge is 0.0992 e. The van der Waals surface area contributed by atoms with Crippen molar-refractivity contribution in [1.29, 1.82) is 5.26 Å². The summed E-state index contributed by atoms with van der Waals surface area (Å²) < 4.78 is 0. The number of rotatable bonds is 1. The molecule has 0 bridgehead atoms. The van der Waals surface area contributed by atoms with Gasteiger partial charge >= 0.3 is 0 Å². The van der Waals surface area contributed by atoms with Crippen LogP contribution in [0, 0.1) is 11.3 Å². The molecule has 0 saturated heterocycles. The Bertz CT molecular complexity index is 328. The molecule has 0 radical (unpaired) electrons. The molecule has 0 spiro atoms. The van der Waals surface area contributed by atoms with E-state index in [1.165, 1.54) is 0 Å². The molecule has 0 aliphatic carbocycles. The monoisotopic (exact) mass is 243 g/mol. The van der Waals surface area contributed by atoms with Gasteiger partial charge in [-0.05, 0) is 24.6 Å². The second-order valence-corrected chi connectivity index (χ2v) is 4.24. The highest BCUT2D eigenvalue weighted by Gasteiger charge is 2.05. The maximum atomic E-state index is 8.57. The first-order valence-electron chi connectivity index (χ1n) is 3.48. The number of alkyl halides is 1. The molecule has 1 aromatic rings. The summed E-state index contributed by atoms with van der Waals surface area (Å²) in [5.41, 5.74) is 1.60. The standard InChI is InChI=1S/C9H7BrClN/c1-6(10)8-3-2-7(5-12)4-9(8)11/h2-4,6H,1H3. The van der Waals surface area contributed by atoms with Crippen molar-refractivity contribution >= 4 is 27.5 Å². The van der Waals surface area contributed by atoms with Gasteiger partial charge in [0.25, 0.3) is 0 Å². The van der Waals surface area contributed by atoms with Crippen LogP contribution in [0.3, 0.4) is 0 Å². The minimum absolute atomic E-state index is 0.220. The molecule has 0 N–H and O–H groups in total. The summed E-state index contributed by atoms with van der Waals surface area (Å²) in [5.74, 6) is 0. The van der Waals surface area contributed by atoms with Crippen LogP contribution < -0.4 is 0 Å². The van der Waals surface area contributed by atoms with Gasteiger partial charge < -0.3 is 0 Å². The van der Waals surface area contributed by atoms with Crippen molar-refractivity contribution in [2.45, 2.75) is 11.8 Å². The third-order valence-corrected chi connectivity index (χ3v) is 2.38. The van der Waals surface area contributed by atoms with Gasteiger partial charge in [-0.1, -0.05) is 33.6 Å². The van der Waals surface area contributed by atoms with E-state index in [0.717, 1.165) is 5.56 Å². The van der Waals surface area contributed by atoms with Gasteiger partial charge in [0.05, 0.1) is 11.6 Å². The van der Waals surface area contributed by atoms with E-state index >= 15 is 0 Å². The molecule has 0 fully saturated rings. The molecule has 1 atom stereocenters. The van der Waals surface area contributed by atoms with Gasteiger partial charge in [-0.3, -0.25) is 0 Å². The number of hydrogen-bond donors (Lipinski definition) is 0. The average Bonchev–Trinajstić information content (AvgIpc) is 2.03. The van der Waals surface area contributed by atoms with Crippen molar-refractivity contribution in [1.82, 2.24) is 0 Å². The van der Waals surface area contributed by atoms with Gasteiger partial charge in [-0.2, -0.15) is 5.26 Å². The van der Waals surface area contributed by atoms with E-state index in [9.17, 15) is 0 Å². The second-order valence-electron chi connectivity index (χ2n) is 2.46. The van der Waals surface area contributed by atoms with Crippen LogP contribution in [0.25, 0.3) is 0 Å². The molecule has 0 heterocycles. The average molecular weight is 245 g/mol. The second kappa shape index (κ2) is 3.93. The molecular formula is C9H7BrClN. The topological polar surface area (TPSA) is 23.8 Å². The van der Waals surface area contributed by atoms with Crippen LogP contribution in [0.2, 0.25) is 5.02 Å². The molecule has 0 saturated carbocycles. The summed E-state index contributed by atoms with van der Waals surface area (Å²) in [6, 6.07) is 7.33. The summed E-state index contributed by atoms with van der Waals surface area (Å²) in [5, 5.41) is 9.21. The summed E-state index contributed by atoms with van der Waals surface area (Å²) in [6.45, 7) is 1.99. The molecular weight excluding hydrogens is 237 g/mol. The van der Waals surface area contributed by atoms with Crippen molar-refractivity contribution in [3.8, 4) is 6.07 Å². The fourth-order valence-electron chi connectivity index (χ4n) is 0.919. The van der Waals surface area contributed by atoms with E-state index in [1.54, 1.807) is 12.1 Å². The van der Waals surface area contributed by atoms with Crippen LogP contribution in [-0.4, -0.2) is 0 Å². The fourth-order valence-corrected chi connectivity index (χ4v) is 1.79. The largest absolute Gasteiger partial charge is 0.192 e. The van der Waals surface area contributed by atoms with Crippen LogP contribution in [0.15, 0.2) is 18.2 Å². The van der Waals surface area contributed by atoms with Gasteiger partial charge in [0.1, 0.15) is 0 Å². The lowest BCUT2D eigenvalue weighted by molar-refractivity contribution is 1.12. The highest BCUT2D eigenvalue weighted by Crippen LogP contribution is 2.29. The predicted octanol–water partition coefficient (Wildman–Crippen LogP) is 3.67. The highest BCUT2D eigenvalue weighted by molar-refractivity contribution is 9.09. The molecule has 0 aliphatic heterocycles. The van der Waals surface area contributed by atoms with Gasteiger partial charge in [0, 0.05) is 9.85 Å². The van der Waals surface area contributed by atoms with Gasteiger partial charge in [0.2, 0.25) is 0 Å². The maximum Gasteiger partial charge on any atom is 0.0992 e. The highest BCUT2D eigenvalue weighted by atomic mass is 79.9. The normalized spacial score (nSPS) is 12.2. The van der Waals surface area contributed by atoms with E-state index < -0.39 is 0 Å². The van der Waals surface area contributed by atoms with E-state index in [0.29, 0.717) is 10.6 Å². The maximum absolute atomic E-state index is 8.57. The molecule has 0 aromatic heterocycles. The Balaban J connectivity index is 3.14. The predicted molar refractivity (Wildman–Crippen MR) is 53.5 cm³/mol. The Labute approximate surface area is 85.1 Å². The van der Waals surface area contributed by atoms with Gasteiger partial charge in [-0.25, -0.2) is 0 Å². The Morgan fingerprint density at radius 3 is 2.67 bits per heavy atom. The summed E-state index contributed by atoms with van der Waals surface area (Å²) in [6.07, 6.45) is 0. The van der Waals surface area contributed by atoms with Crippen LogP contribution in [0.1, 0.15) is 22.9 Å². The van der Waals surface area contributed by atoms with E-state index in [2.05, 4.69) is 15.9 Å². The summed E-state index contributed by atoms with van der Waals surface area (Å²) in [4.78, 5) is 0.220. The number of nitriles is 1. The molecule has 0 aliphatic rings. The summed E-state index contributed by atoms with van der Waals surface area (Å²) >= 11 is 9.33. The van der Waals surface area contributed by atoms with Crippen LogP contribution in [0.5, 0.6) is 0 Å². The number of benzene rings is 1. The molecule has 62 valence electrons. The quantitative estimate of drug-likeness (QED) is 0.692. The number of hydrogen-bond acceptors (Lipinski definition) is 1. The first kappa shape index (κ1) is 9.57. The molecule has 0 amide bonds. The molecule has 3 heteroatoms.